The van der Waals surface area contributed by atoms with Crippen molar-refractivity contribution in [2.75, 3.05) is 4.90 Å². The molecule has 0 unspecified atom stereocenters. The average Bonchev–Trinajstić information content (AvgIpc) is 3.64. The van der Waals surface area contributed by atoms with E-state index in [1.165, 1.54) is 88.4 Å². The third-order valence-corrected chi connectivity index (χ3v) is 11.8. The molecule has 6 aromatic carbocycles. The van der Waals surface area contributed by atoms with Crippen molar-refractivity contribution in [3.05, 3.63) is 126 Å². The monoisotopic (exact) mass is 676 g/mol. The van der Waals surface area contributed by atoms with Gasteiger partial charge in [0.1, 0.15) is 11.2 Å². The Hall–Kier alpha value is -5.22. The van der Waals surface area contributed by atoms with Gasteiger partial charge in [-0.3, -0.25) is 0 Å². The van der Waals surface area contributed by atoms with Gasteiger partial charge in [0, 0.05) is 61.3 Å². The molecule has 3 nitrogen and oxygen atoms in total. The number of aromatic nitrogens is 1. The van der Waals surface area contributed by atoms with Crippen molar-refractivity contribution >= 4 is 78.6 Å². The van der Waals surface area contributed by atoms with Crippen molar-refractivity contribution in [3.63, 3.8) is 0 Å². The van der Waals surface area contributed by atoms with Gasteiger partial charge in [-0.05, 0) is 79.8 Å². The van der Waals surface area contributed by atoms with Crippen LogP contribution in [0.2, 0.25) is 0 Å². The zero-order valence-electron chi connectivity index (χ0n) is 31.8. The molecular formula is C48H45BN2O. The lowest BCUT2D eigenvalue weighted by atomic mass is 9.44. The third-order valence-electron chi connectivity index (χ3n) is 11.8. The SMILES string of the molecule is CC(C)(C)c1cc(N2c3ccc(C(C)(C)C)cc3B3c4c2cc2oc5ccccc5c2c4-c2cccc4c5ccccc5n3c24)cc(C(C)(C)C)c1. The average molecular weight is 677 g/mol. The standard InChI is InChI=1S/C48H45BN2O/c1-46(2,3)28-21-22-38-36(26-28)49-44-39(50(38)31-24-29(47(4,5)6)23-30(25-31)48(7,8)9)27-41-42(34-16-11-13-20-40(34)52-41)43(44)35-18-14-17-33-32-15-10-12-19-37(32)51(49)45(33)35/h10-27H,1-9H3. The number of nitrogens with zero attached hydrogens (tertiary/aromatic N) is 2. The summed E-state index contributed by atoms with van der Waals surface area (Å²) < 4.78 is 9.48. The highest BCUT2D eigenvalue weighted by molar-refractivity contribution is 6.90. The number of benzene rings is 6. The van der Waals surface area contributed by atoms with Crippen molar-refractivity contribution in [1.29, 1.82) is 0 Å². The summed E-state index contributed by atoms with van der Waals surface area (Å²) in [6.45, 7) is 20.9. The fourth-order valence-electron chi connectivity index (χ4n) is 9.03. The van der Waals surface area contributed by atoms with Crippen molar-refractivity contribution in [2.45, 2.75) is 78.6 Å². The van der Waals surface area contributed by atoms with Crippen LogP contribution >= 0.6 is 0 Å². The Kier molecular flexibility index (Phi) is 6.19. The van der Waals surface area contributed by atoms with Crippen LogP contribution in [0.25, 0.3) is 54.9 Å². The maximum absolute atomic E-state index is 6.82. The minimum atomic E-state index is -0.0261. The van der Waals surface area contributed by atoms with E-state index in [0.29, 0.717) is 0 Å². The van der Waals surface area contributed by atoms with E-state index in [1.807, 2.05) is 0 Å². The Morgan fingerprint density at radius 1 is 0.538 bits per heavy atom. The molecule has 2 aliphatic rings. The molecule has 0 amide bonds. The quantitative estimate of drug-likeness (QED) is 0.161. The molecule has 2 aromatic heterocycles. The predicted molar refractivity (Wildman–Crippen MR) is 223 cm³/mol. The minimum absolute atomic E-state index is 0.0140. The molecule has 10 rings (SSSR count). The Bertz CT molecular complexity index is 2780. The van der Waals surface area contributed by atoms with Crippen LogP contribution in [0.5, 0.6) is 0 Å². The number of para-hydroxylation sites is 3. The summed E-state index contributed by atoms with van der Waals surface area (Å²) >= 11 is 0. The van der Waals surface area contributed by atoms with Crippen molar-refractivity contribution in [3.8, 4) is 11.1 Å². The van der Waals surface area contributed by atoms with Crippen molar-refractivity contribution in [2.24, 2.45) is 0 Å². The Morgan fingerprint density at radius 2 is 1.19 bits per heavy atom. The molecule has 8 aromatic rings. The first kappa shape index (κ1) is 31.5. The molecule has 256 valence electrons. The van der Waals surface area contributed by atoms with Crippen LogP contribution in [0, 0.1) is 0 Å². The van der Waals surface area contributed by atoms with Crippen LogP contribution in [0.15, 0.2) is 114 Å². The van der Waals surface area contributed by atoms with E-state index >= 15 is 0 Å². The molecule has 0 radical (unpaired) electrons. The number of fused-ring (bicyclic) bond motifs is 11. The molecular weight excluding hydrogens is 631 g/mol. The first-order valence-electron chi connectivity index (χ1n) is 18.8. The number of furan rings is 1. The molecule has 2 aliphatic heterocycles. The van der Waals surface area contributed by atoms with Crippen LogP contribution in [0.4, 0.5) is 17.1 Å². The van der Waals surface area contributed by atoms with Crippen molar-refractivity contribution < 1.29 is 4.42 Å². The highest BCUT2D eigenvalue weighted by Crippen LogP contribution is 2.50. The summed E-state index contributed by atoms with van der Waals surface area (Å²) in [5.41, 5.74) is 17.2. The minimum Gasteiger partial charge on any atom is -0.456 e. The molecule has 0 bridgehead atoms. The Labute approximate surface area is 307 Å². The fourth-order valence-corrected chi connectivity index (χ4v) is 9.03. The van der Waals surface area contributed by atoms with E-state index in [2.05, 4.69) is 181 Å². The molecule has 0 spiro atoms. The van der Waals surface area contributed by atoms with Gasteiger partial charge < -0.3 is 13.8 Å². The smallest absolute Gasteiger partial charge is 0.333 e. The number of hydrogen-bond donors (Lipinski definition) is 0. The largest absolute Gasteiger partial charge is 0.456 e. The van der Waals surface area contributed by atoms with Gasteiger partial charge in [-0.25, -0.2) is 0 Å². The van der Waals surface area contributed by atoms with Crippen LogP contribution in [0.1, 0.15) is 79.0 Å². The highest BCUT2D eigenvalue weighted by Gasteiger charge is 2.44. The lowest BCUT2D eigenvalue weighted by molar-refractivity contribution is 0.568. The van der Waals surface area contributed by atoms with Gasteiger partial charge in [-0.1, -0.05) is 135 Å². The van der Waals surface area contributed by atoms with E-state index in [1.54, 1.807) is 0 Å². The molecule has 4 heteroatoms. The molecule has 52 heavy (non-hydrogen) atoms. The van der Waals surface area contributed by atoms with Crippen molar-refractivity contribution in [1.82, 2.24) is 4.48 Å². The maximum atomic E-state index is 6.82. The van der Waals surface area contributed by atoms with Crippen LogP contribution in [-0.4, -0.2) is 11.3 Å². The molecule has 0 atom stereocenters. The normalized spacial score (nSPS) is 14.2. The number of hydrogen-bond acceptors (Lipinski definition) is 2. The van der Waals surface area contributed by atoms with Gasteiger partial charge in [0.2, 0.25) is 0 Å². The lowest BCUT2D eigenvalue weighted by Gasteiger charge is -2.42. The molecule has 0 saturated heterocycles. The topological polar surface area (TPSA) is 21.3 Å². The van der Waals surface area contributed by atoms with Crippen LogP contribution < -0.4 is 15.8 Å². The van der Waals surface area contributed by atoms with Gasteiger partial charge >= 0.3 is 6.85 Å². The maximum Gasteiger partial charge on any atom is 0.333 e. The molecule has 4 heterocycles. The third kappa shape index (κ3) is 4.27. The van der Waals surface area contributed by atoms with Crippen LogP contribution in [-0.2, 0) is 16.2 Å². The van der Waals surface area contributed by atoms with E-state index in [9.17, 15) is 0 Å². The second-order valence-electron chi connectivity index (χ2n) is 18.3. The van der Waals surface area contributed by atoms with Crippen LogP contribution in [0.3, 0.4) is 0 Å². The Morgan fingerprint density at radius 3 is 1.90 bits per heavy atom. The number of anilines is 3. The van der Waals surface area contributed by atoms with Gasteiger partial charge in [0.15, 0.2) is 0 Å². The predicted octanol–water partition coefficient (Wildman–Crippen LogP) is 12.0. The van der Waals surface area contributed by atoms with Gasteiger partial charge in [0.05, 0.1) is 0 Å². The summed E-state index contributed by atoms with van der Waals surface area (Å²) in [6.07, 6.45) is 0. The molecule has 0 aliphatic carbocycles. The van der Waals surface area contributed by atoms with Gasteiger partial charge in [-0.15, -0.1) is 0 Å². The van der Waals surface area contributed by atoms with E-state index in [4.69, 9.17) is 4.42 Å². The molecule has 0 saturated carbocycles. The summed E-state index contributed by atoms with van der Waals surface area (Å²) in [5.74, 6) is 0. The Balaban J connectivity index is 1.43. The zero-order chi connectivity index (χ0) is 36.1. The van der Waals surface area contributed by atoms with E-state index in [-0.39, 0.29) is 23.1 Å². The second-order valence-corrected chi connectivity index (χ2v) is 18.3. The van der Waals surface area contributed by atoms with E-state index in [0.717, 1.165) is 11.2 Å². The van der Waals surface area contributed by atoms with Gasteiger partial charge in [-0.2, -0.15) is 0 Å². The highest BCUT2D eigenvalue weighted by atomic mass is 16.3. The molecule has 0 N–H and O–H groups in total. The lowest BCUT2D eigenvalue weighted by Crippen LogP contribution is -2.57. The number of rotatable bonds is 1. The summed E-state index contributed by atoms with van der Waals surface area (Å²) in [5, 5.41) is 4.97. The van der Waals surface area contributed by atoms with Gasteiger partial charge in [0.25, 0.3) is 0 Å². The fraction of sp³-hybridized carbons (Fsp3) is 0.250. The van der Waals surface area contributed by atoms with E-state index < -0.39 is 0 Å². The first-order valence-corrected chi connectivity index (χ1v) is 18.8. The second kappa shape index (κ2) is 10.2. The summed E-state index contributed by atoms with van der Waals surface area (Å²) in [4.78, 5) is 2.56. The summed E-state index contributed by atoms with van der Waals surface area (Å²) in [6, 6.07) is 41.4. The first-order chi connectivity index (χ1) is 24.7. The zero-order valence-corrected chi connectivity index (χ0v) is 31.8. The summed E-state index contributed by atoms with van der Waals surface area (Å²) in [7, 11) is 0. The molecule has 0 fully saturated rings.